The molecule has 0 aliphatic heterocycles. The van der Waals surface area contributed by atoms with E-state index in [2.05, 4.69) is 25.3 Å². The van der Waals surface area contributed by atoms with Gasteiger partial charge in [0.05, 0.1) is 19.0 Å². The number of nitrogens with one attached hydrogen (secondary N) is 1. The van der Waals surface area contributed by atoms with Gasteiger partial charge >= 0.3 is 0 Å². The molecule has 1 amide bonds. The first-order chi connectivity index (χ1) is 17.5. The molecule has 0 aliphatic rings. The number of hydrogen-bond donors (Lipinski definition) is 1. The number of benzene rings is 2. The first-order valence-electron chi connectivity index (χ1n) is 11.3. The number of hydrogen-bond acceptors (Lipinski definition) is 6. The molecule has 0 atom stereocenters. The number of aromatic nitrogens is 4. The predicted molar refractivity (Wildman–Crippen MR) is 140 cm³/mol. The number of carbonyl (C=O) groups is 1. The Morgan fingerprint density at radius 3 is 2.56 bits per heavy atom. The number of pyridine rings is 1. The molecule has 0 unspecified atom stereocenters. The van der Waals surface area contributed by atoms with Crippen molar-refractivity contribution >= 4 is 40.2 Å². The monoisotopic (exact) mass is 498 g/mol. The van der Waals surface area contributed by atoms with E-state index in [-0.39, 0.29) is 16.8 Å². The van der Waals surface area contributed by atoms with Crippen LogP contribution in [0.4, 0.5) is 17.1 Å². The highest BCUT2D eigenvalue weighted by Gasteiger charge is 2.21. The molecule has 8 nitrogen and oxygen atoms in total. The lowest BCUT2D eigenvalue weighted by Crippen LogP contribution is -2.19. The van der Waals surface area contributed by atoms with Crippen molar-refractivity contribution in [2.75, 3.05) is 17.3 Å². The smallest absolute Gasteiger partial charge is 0.276 e. The minimum absolute atomic E-state index is 0.236. The Hall–Kier alpha value is -4.43. The maximum atomic E-state index is 13.1. The molecule has 36 heavy (non-hydrogen) atoms. The molecule has 5 aromatic rings. The first kappa shape index (κ1) is 23.3. The van der Waals surface area contributed by atoms with Gasteiger partial charge in [0.15, 0.2) is 16.5 Å². The second kappa shape index (κ2) is 10.1. The average Bonchev–Trinajstić information content (AvgIpc) is 3.32. The van der Waals surface area contributed by atoms with Gasteiger partial charge in [0.1, 0.15) is 5.75 Å². The fourth-order valence-electron chi connectivity index (χ4n) is 3.93. The molecular formula is C27H23ClN6O2. The van der Waals surface area contributed by atoms with E-state index in [0.29, 0.717) is 17.9 Å². The summed E-state index contributed by atoms with van der Waals surface area (Å²) < 4.78 is 6.77. The van der Waals surface area contributed by atoms with Crippen LogP contribution in [0.5, 0.6) is 5.75 Å². The molecular weight excluding hydrogens is 476 g/mol. The molecule has 0 spiro atoms. The van der Waals surface area contributed by atoms with E-state index in [4.69, 9.17) is 16.3 Å². The van der Waals surface area contributed by atoms with Crippen molar-refractivity contribution in [1.82, 2.24) is 19.6 Å². The zero-order valence-electron chi connectivity index (χ0n) is 19.7. The van der Waals surface area contributed by atoms with Crippen LogP contribution in [0, 0.1) is 6.92 Å². The Bertz CT molecular complexity index is 1520. The molecule has 0 bridgehead atoms. The summed E-state index contributed by atoms with van der Waals surface area (Å²) in [5.74, 6) is 0.433. The quantitative estimate of drug-likeness (QED) is 0.310. The number of imidazole rings is 1. The number of ether oxygens (including phenoxy) is 1. The van der Waals surface area contributed by atoms with Crippen molar-refractivity contribution in [2.24, 2.45) is 0 Å². The molecule has 2 aromatic carbocycles. The van der Waals surface area contributed by atoms with E-state index in [1.165, 1.54) is 10.7 Å². The van der Waals surface area contributed by atoms with E-state index in [9.17, 15) is 4.79 Å². The zero-order valence-corrected chi connectivity index (χ0v) is 20.5. The minimum atomic E-state index is -0.352. The molecule has 5 rings (SSSR count). The van der Waals surface area contributed by atoms with Gasteiger partial charge in [-0.15, -0.1) is 0 Å². The summed E-state index contributed by atoms with van der Waals surface area (Å²) in [5, 5.41) is 7.50. The number of halogens is 1. The lowest BCUT2D eigenvalue weighted by molar-refractivity contribution is 0.102. The van der Waals surface area contributed by atoms with Gasteiger partial charge in [0.2, 0.25) is 0 Å². The number of anilines is 3. The number of amides is 1. The third-order valence-electron chi connectivity index (χ3n) is 5.66. The second-order valence-corrected chi connectivity index (χ2v) is 8.53. The van der Waals surface area contributed by atoms with Gasteiger partial charge in [0, 0.05) is 35.9 Å². The van der Waals surface area contributed by atoms with Crippen molar-refractivity contribution in [1.29, 1.82) is 0 Å². The Morgan fingerprint density at radius 1 is 1.06 bits per heavy atom. The molecule has 3 heterocycles. The largest absolute Gasteiger partial charge is 0.497 e. The highest BCUT2D eigenvalue weighted by Crippen LogP contribution is 2.32. The third-order valence-corrected chi connectivity index (χ3v) is 5.85. The highest BCUT2D eigenvalue weighted by atomic mass is 35.5. The van der Waals surface area contributed by atoms with Gasteiger partial charge in [-0.3, -0.25) is 9.78 Å². The minimum Gasteiger partial charge on any atom is -0.497 e. The molecule has 9 heteroatoms. The van der Waals surface area contributed by atoms with E-state index in [1.54, 1.807) is 31.5 Å². The summed E-state index contributed by atoms with van der Waals surface area (Å²) in [5.41, 5.74) is 4.92. The summed E-state index contributed by atoms with van der Waals surface area (Å²) in [7, 11) is 1.64. The van der Waals surface area contributed by atoms with E-state index in [1.807, 2.05) is 61.5 Å². The Balaban J connectivity index is 1.56. The van der Waals surface area contributed by atoms with Crippen molar-refractivity contribution < 1.29 is 9.53 Å². The van der Waals surface area contributed by atoms with Gasteiger partial charge in [-0.25, -0.2) is 9.50 Å². The molecule has 0 radical (unpaired) electrons. The highest BCUT2D eigenvalue weighted by molar-refractivity contribution is 6.29. The number of carbonyl (C=O) groups excluding carboxylic acids is 1. The van der Waals surface area contributed by atoms with Crippen molar-refractivity contribution in [2.45, 2.75) is 13.5 Å². The SMILES string of the molecule is COc1ccc(CN(c2ccccc2)c2cc(Cl)nn3c(C(=O)Nc4ccnc(C)c4)cnc23)cc1. The van der Waals surface area contributed by atoms with Crippen LogP contribution in [-0.4, -0.2) is 32.6 Å². The maximum absolute atomic E-state index is 13.1. The van der Waals surface area contributed by atoms with Crippen LogP contribution in [0.25, 0.3) is 5.65 Å². The van der Waals surface area contributed by atoms with Crippen molar-refractivity contribution in [3.8, 4) is 5.75 Å². The topological polar surface area (TPSA) is 84.7 Å². The number of para-hydroxylation sites is 1. The lowest BCUT2D eigenvalue weighted by Gasteiger charge is -2.25. The summed E-state index contributed by atoms with van der Waals surface area (Å²) in [6, 6.07) is 23.1. The van der Waals surface area contributed by atoms with Crippen LogP contribution in [-0.2, 0) is 6.54 Å². The number of rotatable bonds is 7. The van der Waals surface area contributed by atoms with Crippen LogP contribution < -0.4 is 15.0 Å². The zero-order chi connectivity index (χ0) is 25.1. The van der Waals surface area contributed by atoms with Gasteiger partial charge in [-0.2, -0.15) is 5.10 Å². The standard InChI is InChI=1S/C27H23ClN6O2/c1-18-14-20(12-13-29-18)31-27(35)24-16-30-26-23(15-25(28)32-34(24)26)33(21-6-4-3-5-7-21)17-19-8-10-22(36-2)11-9-19/h3-16H,17H2,1-2H3,(H,29,31,35). The average molecular weight is 499 g/mol. The number of aryl methyl sites for hydroxylation is 1. The Kier molecular flexibility index (Phi) is 6.51. The molecule has 1 N–H and O–H groups in total. The Morgan fingerprint density at radius 2 is 1.83 bits per heavy atom. The van der Waals surface area contributed by atoms with Crippen LogP contribution in [0.3, 0.4) is 0 Å². The van der Waals surface area contributed by atoms with Crippen molar-refractivity contribution in [3.05, 3.63) is 107 Å². The van der Waals surface area contributed by atoms with Crippen LogP contribution in [0.1, 0.15) is 21.7 Å². The maximum Gasteiger partial charge on any atom is 0.276 e. The van der Waals surface area contributed by atoms with E-state index < -0.39 is 0 Å². The van der Waals surface area contributed by atoms with E-state index >= 15 is 0 Å². The summed E-state index contributed by atoms with van der Waals surface area (Å²) >= 11 is 6.47. The normalized spacial score (nSPS) is 10.9. The summed E-state index contributed by atoms with van der Waals surface area (Å²) in [4.78, 5) is 23.9. The van der Waals surface area contributed by atoms with Gasteiger partial charge in [0.25, 0.3) is 5.91 Å². The molecule has 0 fully saturated rings. The fourth-order valence-corrected chi connectivity index (χ4v) is 4.11. The molecule has 0 saturated heterocycles. The number of methoxy groups -OCH3 is 1. The number of nitrogens with zero attached hydrogens (tertiary/aromatic N) is 5. The fraction of sp³-hybridized carbons (Fsp3) is 0.111. The van der Waals surface area contributed by atoms with Crippen LogP contribution in [0.2, 0.25) is 5.15 Å². The van der Waals surface area contributed by atoms with Gasteiger partial charge in [-0.1, -0.05) is 41.9 Å². The van der Waals surface area contributed by atoms with E-state index in [0.717, 1.165) is 28.4 Å². The summed E-state index contributed by atoms with van der Waals surface area (Å²) in [6.07, 6.45) is 3.14. The predicted octanol–water partition coefficient (Wildman–Crippen LogP) is 5.69. The van der Waals surface area contributed by atoms with Gasteiger partial charge < -0.3 is 15.0 Å². The Labute approximate surface area is 213 Å². The molecule has 0 aliphatic carbocycles. The number of fused-ring (bicyclic) bond motifs is 1. The molecule has 0 saturated carbocycles. The lowest BCUT2D eigenvalue weighted by atomic mass is 10.1. The van der Waals surface area contributed by atoms with Crippen LogP contribution >= 0.6 is 11.6 Å². The molecule has 180 valence electrons. The first-order valence-corrected chi connectivity index (χ1v) is 11.6. The molecule has 3 aromatic heterocycles. The van der Waals surface area contributed by atoms with Gasteiger partial charge in [-0.05, 0) is 48.9 Å². The second-order valence-electron chi connectivity index (χ2n) is 8.14. The summed E-state index contributed by atoms with van der Waals surface area (Å²) in [6.45, 7) is 2.40. The van der Waals surface area contributed by atoms with Crippen LogP contribution in [0.15, 0.2) is 85.2 Å². The third kappa shape index (κ3) is 4.85. The van der Waals surface area contributed by atoms with Crippen molar-refractivity contribution in [3.63, 3.8) is 0 Å².